The van der Waals surface area contributed by atoms with E-state index in [1.807, 2.05) is 0 Å². The molecule has 108 valence electrons. The lowest BCUT2D eigenvalue weighted by Crippen LogP contribution is -2.40. The van der Waals surface area contributed by atoms with Crippen molar-refractivity contribution < 1.29 is 13.5 Å². The summed E-state index contributed by atoms with van der Waals surface area (Å²) in [5, 5.41) is 9.52. The molecule has 0 amide bonds. The first kappa shape index (κ1) is 14.7. The molecule has 2 rings (SSSR count). The largest absolute Gasteiger partial charge is 0.393 e. The van der Waals surface area contributed by atoms with Gasteiger partial charge in [0.25, 0.3) is 10.0 Å². The van der Waals surface area contributed by atoms with Gasteiger partial charge in [-0.3, -0.25) is 4.79 Å². The van der Waals surface area contributed by atoms with Crippen LogP contribution in [0.4, 0.5) is 0 Å². The second-order valence-electron chi connectivity index (χ2n) is 4.91. The number of H-pyrrole nitrogens is 1. The van der Waals surface area contributed by atoms with Gasteiger partial charge in [-0.05, 0) is 32.6 Å². The quantitative estimate of drug-likeness (QED) is 0.852. The van der Waals surface area contributed by atoms with E-state index >= 15 is 0 Å². The standard InChI is InChI=1S/C11H18N2O4S2/c1-7-10(18-11(15)12-7)19(16,17)13-5-3-9(4-6-13)8(2)14/h8-9,14H,3-6H2,1-2H3,(H,12,15). The van der Waals surface area contributed by atoms with Crippen LogP contribution in [0.2, 0.25) is 0 Å². The highest BCUT2D eigenvalue weighted by Crippen LogP contribution is 2.27. The maximum atomic E-state index is 12.4. The molecule has 0 aliphatic carbocycles. The summed E-state index contributed by atoms with van der Waals surface area (Å²) in [6.07, 6.45) is 0.889. The number of nitrogens with one attached hydrogen (secondary N) is 1. The number of nitrogens with zero attached hydrogens (tertiary/aromatic N) is 1. The van der Waals surface area contributed by atoms with Crippen molar-refractivity contribution in [3.8, 4) is 0 Å². The predicted octanol–water partition coefficient (Wildman–Crippen LogP) is 0.526. The number of aromatic nitrogens is 1. The summed E-state index contributed by atoms with van der Waals surface area (Å²) in [4.78, 5) is 13.4. The molecule has 1 saturated heterocycles. The summed E-state index contributed by atoms with van der Waals surface area (Å²) < 4.78 is 26.3. The molecule has 0 radical (unpaired) electrons. The van der Waals surface area contributed by atoms with Gasteiger partial charge in [-0.1, -0.05) is 11.3 Å². The monoisotopic (exact) mass is 306 g/mol. The average Bonchev–Trinajstić information content (AvgIpc) is 2.69. The number of hydrogen-bond acceptors (Lipinski definition) is 5. The number of aliphatic hydroxyl groups excluding tert-OH is 1. The van der Waals surface area contributed by atoms with Crippen LogP contribution in [0.1, 0.15) is 25.5 Å². The minimum Gasteiger partial charge on any atom is -0.393 e. The highest BCUT2D eigenvalue weighted by molar-refractivity contribution is 7.91. The highest BCUT2D eigenvalue weighted by Gasteiger charge is 2.33. The van der Waals surface area contributed by atoms with Crippen LogP contribution in [0, 0.1) is 12.8 Å². The van der Waals surface area contributed by atoms with Crippen molar-refractivity contribution in [3.63, 3.8) is 0 Å². The van der Waals surface area contributed by atoms with Gasteiger partial charge in [-0.2, -0.15) is 4.31 Å². The van der Waals surface area contributed by atoms with Crippen molar-refractivity contribution in [1.29, 1.82) is 0 Å². The molecule has 0 aromatic carbocycles. The van der Waals surface area contributed by atoms with Gasteiger partial charge in [0.15, 0.2) is 4.21 Å². The molecule has 1 unspecified atom stereocenters. The summed E-state index contributed by atoms with van der Waals surface area (Å²) >= 11 is 0.732. The zero-order valence-corrected chi connectivity index (χ0v) is 12.6. The third-order valence-corrected chi connectivity index (χ3v) is 7.02. The van der Waals surface area contributed by atoms with E-state index in [4.69, 9.17) is 0 Å². The Morgan fingerprint density at radius 3 is 2.42 bits per heavy atom. The third kappa shape index (κ3) is 2.91. The molecule has 19 heavy (non-hydrogen) atoms. The van der Waals surface area contributed by atoms with E-state index in [-0.39, 0.29) is 15.0 Å². The van der Waals surface area contributed by atoms with E-state index in [2.05, 4.69) is 4.98 Å². The topological polar surface area (TPSA) is 90.5 Å². The Bertz CT molecular complexity index is 594. The number of aromatic amines is 1. The third-order valence-electron chi connectivity index (χ3n) is 3.54. The Morgan fingerprint density at radius 2 is 2.00 bits per heavy atom. The van der Waals surface area contributed by atoms with E-state index in [1.54, 1.807) is 13.8 Å². The van der Waals surface area contributed by atoms with Crippen molar-refractivity contribution in [2.75, 3.05) is 13.1 Å². The number of rotatable bonds is 3. The van der Waals surface area contributed by atoms with Crippen molar-refractivity contribution in [1.82, 2.24) is 9.29 Å². The van der Waals surface area contributed by atoms with Gasteiger partial charge >= 0.3 is 4.87 Å². The number of aryl methyl sites for hydroxylation is 1. The first-order chi connectivity index (χ1) is 8.82. The summed E-state index contributed by atoms with van der Waals surface area (Å²) in [5.41, 5.74) is 0.396. The Balaban J connectivity index is 2.19. The fourth-order valence-electron chi connectivity index (χ4n) is 2.35. The molecular formula is C11H18N2O4S2. The molecule has 0 spiro atoms. The van der Waals surface area contributed by atoms with Gasteiger partial charge in [0.2, 0.25) is 0 Å². The fraction of sp³-hybridized carbons (Fsp3) is 0.727. The first-order valence-corrected chi connectivity index (χ1v) is 8.46. The molecule has 6 nitrogen and oxygen atoms in total. The van der Waals surface area contributed by atoms with E-state index in [9.17, 15) is 18.3 Å². The summed E-state index contributed by atoms with van der Waals surface area (Å²) in [5.74, 6) is 0.150. The second-order valence-corrected chi connectivity index (χ2v) is 8.03. The fourth-order valence-corrected chi connectivity index (χ4v) is 5.26. The molecule has 1 atom stereocenters. The van der Waals surface area contributed by atoms with Gasteiger partial charge in [0.05, 0.1) is 6.10 Å². The zero-order valence-electron chi connectivity index (χ0n) is 10.9. The first-order valence-electron chi connectivity index (χ1n) is 6.20. The molecule has 0 saturated carbocycles. The van der Waals surface area contributed by atoms with E-state index in [0.29, 0.717) is 31.6 Å². The number of thiazole rings is 1. The van der Waals surface area contributed by atoms with Crippen LogP contribution in [-0.2, 0) is 10.0 Å². The SMILES string of the molecule is Cc1[nH]c(=O)sc1S(=O)(=O)N1CCC(C(C)O)CC1. The highest BCUT2D eigenvalue weighted by atomic mass is 32.2. The van der Waals surface area contributed by atoms with Crippen molar-refractivity contribution in [3.05, 3.63) is 15.4 Å². The smallest absolute Gasteiger partial charge is 0.305 e. The molecule has 2 heterocycles. The Hall–Kier alpha value is -0.700. The van der Waals surface area contributed by atoms with Gasteiger partial charge in [0.1, 0.15) is 0 Å². The van der Waals surface area contributed by atoms with Gasteiger partial charge in [-0.15, -0.1) is 0 Å². The van der Waals surface area contributed by atoms with Crippen LogP contribution >= 0.6 is 11.3 Å². The van der Waals surface area contributed by atoms with Crippen LogP contribution in [0.15, 0.2) is 9.00 Å². The number of piperidine rings is 1. The summed E-state index contributed by atoms with van der Waals surface area (Å²) in [6.45, 7) is 4.11. The van der Waals surface area contributed by atoms with Crippen LogP contribution in [0.25, 0.3) is 0 Å². The molecular weight excluding hydrogens is 288 g/mol. The van der Waals surface area contributed by atoms with E-state index in [1.165, 1.54) is 4.31 Å². The lowest BCUT2D eigenvalue weighted by Gasteiger charge is -2.32. The van der Waals surface area contributed by atoms with Crippen LogP contribution in [0.5, 0.6) is 0 Å². The van der Waals surface area contributed by atoms with Crippen molar-refractivity contribution in [2.45, 2.75) is 37.0 Å². The van der Waals surface area contributed by atoms with Crippen molar-refractivity contribution >= 4 is 21.4 Å². The molecule has 1 fully saturated rings. The maximum Gasteiger partial charge on any atom is 0.305 e. The lowest BCUT2D eigenvalue weighted by atomic mass is 9.93. The van der Waals surface area contributed by atoms with E-state index in [0.717, 1.165) is 11.3 Å². The van der Waals surface area contributed by atoms with Gasteiger partial charge in [0, 0.05) is 18.8 Å². The lowest BCUT2D eigenvalue weighted by molar-refractivity contribution is 0.0912. The molecule has 8 heteroatoms. The van der Waals surface area contributed by atoms with Crippen molar-refractivity contribution in [2.24, 2.45) is 5.92 Å². The van der Waals surface area contributed by atoms with E-state index < -0.39 is 16.1 Å². The molecule has 1 aliphatic heterocycles. The number of sulfonamides is 1. The average molecular weight is 306 g/mol. The Kier molecular flexibility index (Phi) is 4.14. The molecule has 2 N–H and O–H groups in total. The van der Waals surface area contributed by atoms with Gasteiger partial charge in [-0.25, -0.2) is 8.42 Å². The molecule has 1 aromatic rings. The summed E-state index contributed by atoms with van der Waals surface area (Å²) in [6, 6.07) is 0. The zero-order chi connectivity index (χ0) is 14.2. The Morgan fingerprint density at radius 1 is 1.42 bits per heavy atom. The summed E-state index contributed by atoms with van der Waals surface area (Å²) in [7, 11) is -3.58. The van der Waals surface area contributed by atoms with Crippen LogP contribution in [-0.4, -0.2) is 42.0 Å². The van der Waals surface area contributed by atoms with Crippen LogP contribution in [0.3, 0.4) is 0 Å². The predicted molar refractivity (Wildman–Crippen MR) is 72.8 cm³/mol. The number of hydrogen-bond donors (Lipinski definition) is 2. The molecule has 1 aliphatic rings. The normalized spacial score (nSPS) is 20.6. The number of aliphatic hydroxyl groups is 1. The Labute approximate surface area is 116 Å². The molecule has 1 aromatic heterocycles. The maximum absolute atomic E-state index is 12.4. The van der Waals surface area contributed by atoms with Crippen LogP contribution < -0.4 is 4.87 Å². The second kappa shape index (κ2) is 5.35. The minimum absolute atomic E-state index is 0.105. The van der Waals surface area contributed by atoms with Gasteiger partial charge < -0.3 is 10.1 Å². The molecule has 0 bridgehead atoms. The minimum atomic E-state index is -3.58.